The Morgan fingerprint density at radius 1 is 1.25 bits per heavy atom. The highest BCUT2D eigenvalue weighted by Gasteiger charge is 2.17. The van der Waals surface area contributed by atoms with Gasteiger partial charge in [0.25, 0.3) is 0 Å². The summed E-state index contributed by atoms with van der Waals surface area (Å²) < 4.78 is 5.47. The van der Waals surface area contributed by atoms with E-state index in [0.717, 1.165) is 16.9 Å². The van der Waals surface area contributed by atoms with Crippen molar-refractivity contribution in [3.63, 3.8) is 0 Å². The average Bonchev–Trinajstić information content (AvgIpc) is 2.67. The summed E-state index contributed by atoms with van der Waals surface area (Å²) in [5, 5.41) is 0. The van der Waals surface area contributed by atoms with Gasteiger partial charge in [0.2, 0.25) is 0 Å². The second kappa shape index (κ2) is 4.51. The van der Waals surface area contributed by atoms with Crippen LogP contribution in [0.4, 0.5) is 0 Å². The molecular formula is C13H16N2O. The van der Waals surface area contributed by atoms with Gasteiger partial charge < -0.3 is 4.42 Å². The van der Waals surface area contributed by atoms with Crippen molar-refractivity contribution in [1.82, 2.24) is 5.43 Å². The molecule has 0 fully saturated rings. The molecule has 1 atom stereocenters. The van der Waals surface area contributed by atoms with Crippen molar-refractivity contribution in [3.8, 4) is 0 Å². The Hall–Kier alpha value is -1.58. The number of nitrogens with two attached hydrogens (primary N) is 1. The van der Waals surface area contributed by atoms with E-state index in [-0.39, 0.29) is 6.04 Å². The van der Waals surface area contributed by atoms with Crippen molar-refractivity contribution in [3.05, 3.63) is 59.0 Å². The molecule has 1 unspecified atom stereocenters. The van der Waals surface area contributed by atoms with Crippen LogP contribution < -0.4 is 11.3 Å². The lowest BCUT2D eigenvalue weighted by Crippen LogP contribution is -2.29. The van der Waals surface area contributed by atoms with Crippen LogP contribution in [0.3, 0.4) is 0 Å². The summed E-state index contributed by atoms with van der Waals surface area (Å²) in [5.74, 6) is 6.47. The molecule has 3 N–H and O–H groups in total. The van der Waals surface area contributed by atoms with Gasteiger partial charge in [-0.3, -0.25) is 5.84 Å². The number of hydrogen-bond acceptors (Lipinski definition) is 3. The second-order valence-corrected chi connectivity index (χ2v) is 3.98. The fraction of sp³-hybridized carbons (Fsp3) is 0.231. The van der Waals surface area contributed by atoms with Crippen molar-refractivity contribution in [1.29, 1.82) is 0 Å². The lowest BCUT2D eigenvalue weighted by atomic mass is 10.0. The predicted molar refractivity (Wildman–Crippen MR) is 63.8 cm³/mol. The number of benzene rings is 1. The molecule has 0 aliphatic carbocycles. The Morgan fingerprint density at radius 2 is 2.06 bits per heavy atom. The molecule has 2 rings (SSSR count). The van der Waals surface area contributed by atoms with Gasteiger partial charge in [-0.2, -0.15) is 0 Å². The minimum Gasteiger partial charge on any atom is -0.467 e. The predicted octanol–water partition coefficient (Wildman–Crippen LogP) is 2.45. The summed E-state index contributed by atoms with van der Waals surface area (Å²) in [7, 11) is 0. The molecule has 0 saturated carbocycles. The maximum absolute atomic E-state index is 5.60. The van der Waals surface area contributed by atoms with Crippen LogP contribution >= 0.6 is 0 Å². The third-order valence-corrected chi connectivity index (χ3v) is 2.71. The molecule has 0 bridgehead atoms. The zero-order valence-corrected chi connectivity index (χ0v) is 9.53. The van der Waals surface area contributed by atoms with E-state index in [1.165, 1.54) is 5.56 Å². The molecule has 2 aromatic rings. The fourth-order valence-electron chi connectivity index (χ4n) is 1.85. The van der Waals surface area contributed by atoms with Crippen LogP contribution in [-0.2, 0) is 0 Å². The first-order valence-corrected chi connectivity index (χ1v) is 5.29. The number of aryl methyl sites for hydroxylation is 2. The molecule has 0 amide bonds. The Labute approximate surface area is 95.2 Å². The zero-order valence-electron chi connectivity index (χ0n) is 9.53. The molecule has 0 aliphatic rings. The van der Waals surface area contributed by atoms with E-state index in [9.17, 15) is 0 Å². The Morgan fingerprint density at radius 3 is 2.62 bits per heavy atom. The number of hydrazine groups is 1. The van der Waals surface area contributed by atoms with E-state index >= 15 is 0 Å². The normalized spacial score (nSPS) is 12.7. The van der Waals surface area contributed by atoms with Crippen molar-refractivity contribution in [2.75, 3.05) is 0 Å². The highest BCUT2D eigenvalue weighted by molar-refractivity contribution is 5.32. The van der Waals surface area contributed by atoms with Crippen molar-refractivity contribution < 1.29 is 4.42 Å². The van der Waals surface area contributed by atoms with Crippen molar-refractivity contribution in [2.45, 2.75) is 19.9 Å². The first-order valence-electron chi connectivity index (χ1n) is 5.29. The Kier molecular flexibility index (Phi) is 3.08. The Balaban J connectivity index is 2.40. The standard InChI is InChI=1S/C13H16N2O/c1-9-4-3-5-11(8-9)12(15-14)13-10(2)6-7-16-13/h3-8,12,15H,14H2,1-2H3. The highest BCUT2D eigenvalue weighted by Crippen LogP contribution is 2.25. The van der Waals surface area contributed by atoms with Crippen LogP contribution in [0, 0.1) is 13.8 Å². The summed E-state index contributed by atoms with van der Waals surface area (Å²) in [6, 6.07) is 10.1. The first-order chi connectivity index (χ1) is 7.72. The first kappa shape index (κ1) is 10.9. The lowest BCUT2D eigenvalue weighted by molar-refractivity contribution is 0.449. The molecule has 0 saturated heterocycles. The van der Waals surface area contributed by atoms with Gasteiger partial charge in [-0.25, -0.2) is 5.43 Å². The monoisotopic (exact) mass is 216 g/mol. The zero-order chi connectivity index (χ0) is 11.5. The summed E-state index contributed by atoms with van der Waals surface area (Å²) in [5.41, 5.74) is 6.22. The fourth-order valence-corrected chi connectivity index (χ4v) is 1.85. The topological polar surface area (TPSA) is 51.2 Å². The van der Waals surface area contributed by atoms with Crippen molar-refractivity contribution >= 4 is 0 Å². The van der Waals surface area contributed by atoms with E-state index in [1.54, 1.807) is 6.26 Å². The third kappa shape index (κ3) is 2.01. The SMILES string of the molecule is Cc1cccc(C(NN)c2occc2C)c1. The quantitative estimate of drug-likeness (QED) is 0.612. The molecule has 0 spiro atoms. The molecule has 1 aromatic heterocycles. The lowest BCUT2D eigenvalue weighted by Gasteiger charge is -2.15. The second-order valence-electron chi connectivity index (χ2n) is 3.98. The molecule has 0 radical (unpaired) electrons. The van der Waals surface area contributed by atoms with Crippen LogP contribution in [0.5, 0.6) is 0 Å². The third-order valence-electron chi connectivity index (χ3n) is 2.71. The largest absolute Gasteiger partial charge is 0.467 e. The van der Waals surface area contributed by atoms with Gasteiger partial charge >= 0.3 is 0 Å². The summed E-state index contributed by atoms with van der Waals surface area (Å²) in [4.78, 5) is 0. The van der Waals surface area contributed by atoms with Gasteiger partial charge in [0.15, 0.2) is 0 Å². The van der Waals surface area contributed by atoms with E-state index in [2.05, 4.69) is 24.5 Å². The number of furan rings is 1. The molecule has 1 heterocycles. The summed E-state index contributed by atoms with van der Waals surface area (Å²) in [6.45, 7) is 4.07. The molecule has 3 heteroatoms. The van der Waals surface area contributed by atoms with Crippen molar-refractivity contribution in [2.24, 2.45) is 5.84 Å². The van der Waals surface area contributed by atoms with E-state index in [1.807, 2.05) is 25.1 Å². The van der Waals surface area contributed by atoms with Gasteiger partial charge in [0.1, 0.15) is 11.8 Å². The minimum atomic E-state index is -0.0881. The Bertz CT molecular complexity index is 476. The van der Waals surface area contributed by atoms with Crippen LogP contribution in [-0.4, -0.2) is 0 Å². The molecule has 84 valence electrons. The van der Waals surface area contributed by atoms with Crippen LogP contribution in [0.1, 0.15) is 28.5 Å². The van der Waals surface area contributed by atoms with Crippen LogP contribution in [0.2, 0.25) is 0 Å². The van der Waals surface area contributed by atoms with Gasteiger partial charge in [-0.15, -0.1) is 0 Å². The summed E-state index contributed by atoms with van der Waals surface area (Å²) in [6.07, 6.45) is 1.69. The average molecular weight is 216 g/mol. The molecular weight excluding hydrogens is 200 g/mol. The van der Waals surface area contributed by atoms with E-state index in [4.69, 9.17) is 10.3 Å². The van der Waals surface area contributed by atoms with Gasteiger partial charge in [-0.05, 0) is 31.0 Å². The van der Waals surface area contributed by atoms with E-state index < -0.39 is 0 Å². The highest BCUT2D eigenvalue weighted by atomic mass is 16.3. The minimum absolute atomic E-state index is 0.0881. The maximum atomic E-state index is 5.60. The number of nitrogens with one attached hydrogen (secondary N) is 1. The van der Waals surface area contributed by atoms with Gasteiger partial charge in [0.05, 0.1) is 6.26 Å². The number of rotatable bonds is 3. The number of hydrogen-bond donors (Lipinski definition) is 2. The van der Waals surface area contributed by atoms with Crippen LogP contribution in [0.15, 0.2) is 41.0 Å². The van der Waals surface area contributed by atoms with Gasteiger partial charge in [0, 0.05) is 0 Å². The maximum Gasteiger partial charge on any atom is 0.129 e. The summed E-state index contributed by atoms with van der Waals surface area (Å²) >= 11 is 0. The van der Waals surface area contributed by atoms with Gasteiger partial charge in [-0.1, -0.05) is 29.8 Å². The van der Waals surface area contributed by atoms with Crippen LogP contribution in [0.25, 0.3) is 0 Å². The molecule has 16 heavy (non-hydrogen) atoms. The molecule has 3 nitrogen and oxygen atoms in total. The van der Waals surface area contributed by atoms with E-state index in [0.29, 0.717) is 0 Å². The molecule has 1 aromatic carbocycles. The molecule has 0 aliphatic heterocycles. The smallest absolute Gasteiger partial charge is 0.129 e.